The quantitative estimate of drug-likeness (QED) is 0.795. The van der Waals surface area contributed by atoms with Gasteiger partial charge >= 0.3 is 0 Å². The Hall–Kier alpha value is -0.530. The van der Waals surface area contributed by atoms with Crippen molar-refractivity contribution in [2.24, 2.45) is 5.92 Å². The number of hydrogen-bond acceptors (Lipinski definition) is 1. The van der Waals surface area contributed by atoms with Gasteiger partial charge in [-0.15, -0.1) is 11.6 Å². The smallest absolute Gasteiger partial charge is 0.0379 e. The van der Waals surface area contributed by atoms with Crippen molar-refractivity contribution >= 4 is 11.6 Å². The lowest BCUT2D eigenvalue weighted by molar-refractivity contribution is 0.401. The second kappa shape index (κ2) is 6.58. The Labute approximate surface area is 116 Å². The molecular formula is C16H24ClN. The van der Waals surface area contributed by atoms with E-state index in [1.54, 1.807) is 11.1 Å². The minimum absolute atomic E-state index is 0.431. The molecule has 2 heteroatoms. The summed E-state index contributed by atoms with van der Waals surface area (Å²) in [5.41, 5.74) is 3.09. The molecule has 1 aromatic rings. The SMILES string of the molecule is CC(C)C(CCl)NCC1CCCc2ccccc21. The second-order valence-corrected chi connectivity index (χ2v) is 6.01. The molecule has 0 aliphatic heterocycles. The highest BCUT2D eigenvalue weighted by atomic mass is 35.5. The highest BCUT2D eigenvalue weighted by Crippen LogP contribution is 2.31. The molecule has 1 N–H and O–H groups in total. The molecule has 1 nitrogen and oxygen atoms in total. The van der Waals surface area contributed by atoms with Crippen molar-refractivity contribution in [3.63, 3.8) is 0 Å². The van der Waals surface area contributed by atoms with Gasteiger partial charge in [0, 0.05) is 18.5 Å². The van der Waals surface area contributed by atoms with Gasteiger partial charge in [-0.05, 0) is 42.2 Å². The number of fused-ring (bicyclic) bond motifs is 1. The summed E-state index contributed by atoms with van der Waals surface area (Å²) in [5, 5.41) is 3.65. The van der Waals surface area contributed by atoms with E-state index >= 15 is 0 Å². The van der Waals surface area contributed by atoms with E-state index in [0.717, 1.165) is 6.54 Å². The topological polar surface area (TPSA) is 12.0 Å². The third kappa shape index (κ3) is 3.27. The van der Waals surface area contributed by atoms with Gasteiger partial charge in [0.25, 0.3) is 0 Å². The van der Waals surface area contributed by atoms with Crippen LogP contribution in [0.15, 0.2) is 24.3 Å². The van der Waals surface area contributed by atoms with Gasteiger partial charge < -0.3 is 5.32 Å². The van der Waals surface area contributed by atoms with E-state index in [1.807, 2.05) is 0 Å². The Morgan fingerprint density at radius 3 is 2.83 bits per heavy atom. The van der Waals surface area contributed by atoms with Crippen LogP contribution >= 0.6 is 11.6 Å². The Bertz CT molecular complexity index is 375. The molecule has 0 aromatic heterocycles. The van der Waals surface area contributed by atoms with Gasteiger partial charge in [0.1, 0.15) is 0 Å². The number of halogens is 1. The van der Waals surface area contributed by atoms with Crippen LogP contribution in [0.5, 0.6) is 0 Å². The third-order valence-electron chi connectivity index (χ3n) is 4.09. The number of rotatable bonds is 5. The molecule has 0 amide bonds. The van der Waals surface area contributed by atoms with E-state index in [4.69, 9.17) is 11.6 Å². The fraction of sp³-hybridized carbons (Fsp3) is 0.625. The minimum atomic E-state index is 0.431. The van der Waals surface area contributed by atoms with Crippen molar-refractivity contribution in [3.8, 4) is 0 Å². The average Bonchev–Trinajstić information content (AvgIpc) is 2.39. The Balaban J connectivity index is 1.99. The van der Waals surface area contributed by atoms with Gasteiger partial charge in [-0.2, -0.15) is 0 Å². The predicted octanol–water partition coefficient (Wildman–Crippen LogP) is 3.96. The number of nitrogens with one attached hydrogen (secondary N) is 1. The fourth-order valence-electron chi connectivity index (χ4n) is 2.83. The summed E-state index contributed by atoms with van der Waals surface area (Å²) in [7, 11) is 0. The van der Waals surface area contributed by atoms with Crippen molar-refractivity contribution in [1.29, 1.82) is 0 Å². The molecule has 2 rings (SSSR count). The van der Waals surface area contributed by atoms with E-state index in [9.17, 15) is 0 Å². The van der Waals surface area contributed by atoms with Crippen LogP contribution in [0.25, 0.3) is 0 Å². The maximum atomic E-state index is 6.02. The lowest BCUT2D eigenvalue weighted by Gasteiger charge is -2.28. The largest absolute Gasteiger partial charge is 0.312 e. The highest BCUT2D eigenvalue weighted by molar-refractivity contribution is 6.18. The molecular weight excluding hydrogens is 242 g/mol. The molecule has 18 heavy (non-hydrogen) atoms. The molecule has 1 aromatic carbocycles. The predicted molar refractivity (Wildman–Crippen MR) is 79.5 cm³/mol. The molecule has 1 aliphatic rings. The van der Waals surface area contributed by atoms with Crippen LogP contribution < -0.4 is 5.32 Å². The van der Waals surface area contributed by atoms with Crippen LogP contribution in [0.3, 0.4) is 0 Å². The van der Waals surface area contributed by atoms with E-state index in [0.29, 0.717) is 23.8 Å². The van der Waals surface area contributed by atoms with Gasteiger partial charge in [0.2, 0.25) is 0 Å². The third-order valence-corrected chi connectivity index (χ3v) is 4.42. The average molecular weight is 266 g/mol. The second-order valence-electron chi connectivity index (χ2n) is 5.70. The molecule has 0 fully saturated rings. The maximum absolute atomic E-state index is 6.02. The molecule has 0 spiro atoms. The fourth-order valence-corrected chi connectivity index (χ4v) is 3.29. The van der Waals surface area contributed by atoms with Gasteiger partial charge in [-0.1, -0.05) is 38.1 Å². The summed E-state index contributed by atoms with van der Waals surface area (Å²) in [5.74, 6) is 1.97. The van der Waals surface area contributed by atoms with Crippen molar-refractivity contribution in [3.05, 3.63) is 35.4 Å². The molecule has 2 atom stereocenters. The van der Waals surface area contributed by atoms with Crippen molar-refractivity contribution < 1.29 is 0 Å². The number of alkyl halides is 1. The molecule has 1 aliphatic carbocycles. The summed E-state index contributed by atoms with van der Waals surface area (Å²) < 4.78 is 0. The molecule has 0 heterocycles. The van der Waals surface area contributed by atoms with Crippen LogP contribution in [-0.2, 0) is 6.42 Å². The first-order valence-electron chi connectivity index (χ1n) is 7.09. The van der Waals surface area contributed by atoms with E-state index in [-0.39, 0.29) is 0 Å². The molecule has 0 radical (unpaired) electrons. The molecule has 0 saturated heterocycles. The molecule has 0 saturated carbocycles. The first kappa shape index (κ1) is 13.9. The van der Waals surface area contributed by atoms with Crippen LogP contribution in [-0.4, -0.2) is 18.5 Å². The van der Waals surface area contributed by atoms with Gasteiger partial charge in [-0.3, -0.25) is 0 Å². The Kier molecular flexibility index (Phi) is 5.08. The first-order chi connectivity index (χ1) is 8.72. The van der Waals surface area contributed by atoms with E-state index in [2.05, 4.69) is 43.4 Å². The zero-order valence-corrected chi connectivity index (χ0v) is 12.2. The van der Waals surface area contributed by atoms with Gasteiger partial charge in [-0.25, -0.2) is 0 Å². The number of aryl methyl sites for hydroxylation is 1. The Morgan fingerprint density at radius 2 is 2.11 bits per heavy atom. The monoisotopic (exact) mass is 265 g/mol. The maximum Gasteiger partial charge on any atom is 0.0379 e. The standard InChI is InChI=1S/C16H24ClN/c1-12(2)16(10-17)18-11-14-8-5-7-13-6-3-4-9-15(13)14/h3-4,6,9,12,14,16,18H,5,7-8,10-11H2,1-2H3. The van der Waals surface area contributed by atoms with Gasteiger partial charge in [0.15, 0.2) is 0 Å². The summed E-state index contributed by atoms with van der Waals surface area (Å²) >= 11 is 6.02. The zero-order chi connectivity index (χ0) is 13.0. The van der Waals surface area contributed by atoms with Crippen LogP contribution in [0.1, 0.15) is 43.7 Å². The molecule has 2 unspecified atom stereocenters. The van der Waals surface area contributed by atoms with Crippen molar-refractivity contribution in [1.82, 2.24) is 5.32 Å². The first-order valence-corrected chi connectivity index (χ1v) is 7.63. The molecule has 100 valence electrons. The summed E-state index contributed by atoms with van der Waals surface area (Å²) in [4.78, 5) is 0. The van der Waals surface area contributed by atoms with Crippen molar-refractivity contribution in [2.75, 3.05) is 12.4 Å². The van der Waals surface area contributed by atoms with Gasteiger partial charge in [0.05, 0.1) is 0 Å². The molecule has 0 bridgehead atoms. The zero-order valence-electron chi connectivity index (χ0n) is 11.5. The number of benzene rings is 1. The van der Waals surface area contributed by atoms with Crippen LogP contribution in [0, 0.1) is 5.92 Å². The summed E-state index contributed by atoms with van der Waals surface area (Å²) in [6, 6.07) is 9.33. The normalized spacial score (nSPS) is 20.8. The highest BCUT2D eigenvalue weighted by Gasteiger charge is 2.21. The van der Waals surface area contributed by atoms with E-state index in [1.165, 1.54) is 19.3 Å². The lowest BCUT2D eigenvalue weighted by Crippen LogP contribution is -2.38. The Morgan fingerprint density at radius 1 is 1.33 bits per heavy atom. The van der Waals surface area contributed by atoms with Crippen LogP contribution in [0.2, 0.25) is 0 Å². The van der Waals surface area contributed by atoms with Crippen LogP contribution in [0.4, 0.5) is 0 Å². The summed E-state index contributed by atoms with van der Waals surface area (Å²) in [6.07, 6.45) is 3.86. The summed E-state index contributed by atoms with van der Waals surface area (Å²) in [6.45, 7) is 5.52. The lowest BCUT2D eigenvalue weighted by atomic mass is 9.82. The van der Waals surface area contributed by atoms with E-state index < -0.39 is 0 Å². The number of hydrogen-bond donors (Lipinski definition) is 1. The van der Waals surface area contributed by atoms with Crippen molar-refractivity contribution in [2.45, 2.75) is 45.1 Å². The minimum Gasteiger partial charge on any atom is -0.312 e.